The van der Waals surface area contributed by atoms with E-state index in [1.807, 2.05) is 6.92 Å². The summed E-state index contributed by atoms with van der Waals surface area (Å²) < 4.78 is 44.4. The minimum absolute atomic E-state index is 0.0379. The molecule has 1 saturated heterocycles. The number of anilines is 1. The number of amides is 1. The van der Waals surface area contributed by atoms with Gasteiger partial charge in [-0.15, -0.1) is 0 Å². The van der Waals surface area contributed by atoms with Gasteiger partial charge in [-0.05, 0) is 55.0 Å². The van der Waals surface area contributed by atoms with Gasteiger partial charge < -0.3 is 19.3 Å². The zero-order valence-corrected chi connectivity index (χ0v) is 19.2. The Kier molecular flexibility index (Phi) is 6.05. The van der Waals surface area contributed by atoms with Gasteiger partial charge in [0.15, 0.2) is 23.1 Å². The van der Waals surface area contributed by atoms with Crippen LogP contribution in [0.2, 0.25) is 0 Å². The number of carbonyl (C=O) groups is 2. The molecular formula is C27H21F2NO6. The van der Waals surface area contributed by atoms with Gasteiger partial charge in [0, 0.05) is 17.3 Å². The summed E-state index contributed by atoms with van der Waals surface area (Å²) in [6.07, 6.45) is 0. The van der Waals surface area contributed by atoms with Crippen molar-refractivity contribution in [3.63, 3.8) is 0 Å². The number of ketones is 1. The van der Waals surface area contributed by atoms with Gasteiger partial charge in [-0.25, -0.2) is 8.78 Å². The third-order valence-electron chi connectivity index (χ3n) is 5.93. The summed E-state index contributed by atoms with van der Waals surface area (Å²) in [5.41, 5.74) is 0.413. The predicted molar refractivity (Wildman–Crippen MR) is 126 cm³/mol. The summed E-state index contributed by atoms with van der Waals surface area (Å²) in [5, 5.41) is 11.3. The van der Waals surface area contributed by atoms with E-state index in [1.165, 1.54) is 12.1 Å². The quantitative estimate of drug-likeness (QED) is 0.313. The van der Waals surface area contributed by atoms with Crippen LogP contribution in [0.3, 0.4) is 0 Å². The van der Waals surface area contributed by atoms with Gasteiger partial charge in [0.2, 0.25) is 0 Å². The lowest BCUT2D eigenvalue weighted by Crippen LogP contribution is -2.29. The first-order valence-electron chi connectivity index (χ1n) is 11.3. The van der Waals surface area contributed by atoms with E-state index < -0.39 is 35.1 Å². The monoisotopic (exact) mass is 493 g/mol. The highest BCUT2D eigenvalue weighted by Gasteiger charge is 2.47. The smallest absolute Gasteiger partial charge is 0.300 e. The second-order valence-electron chi connectivity index (χ2n) is 8.13. The van der Waals surface area contributed by atoms with E-state index in [2.05, 4.69) is 0 Å². The second-order valence-corrected chi connectivity index (χ2v) is 8.13. The van der Waals surface area contributed by atoms with Gasteiger partial charge in [0.25, 0.3) is 11.7 Å². The fourth-order valence-electron chi connectivity index (χ4n) is 4.34. The molecule has 3 aromatic carbocycles. The summed E-state index contributed by atoms with van der Waals surface area (Å²) in [7, 11) is 0. The zero-order chi connectivity index (χ0) is 25.4. The normalized spacial score (nSPS) is 18.4. The molecule has 1 N–H and O–H groups in total. The Balaban J connectivity index is 1.70. The van der Waals surface area contributed by atoms with Gasteiger partial charge in [0.1, 0.15) is 24.7 Å². The van der Waals surface area contributed by atoms with Crippen LogP contribution in [0.25, 0.3) is 5.76 Å². The Labute approximate surface area is 205 Å². The van der Waals surface area contributed by atoms with Crippen molar-refractivity contribution in [3.05, 3.63) is 89.0 Å². The Morgan fingerprint density at radius 3 is 2.53 bits per heavy atom. The van der Waals surface area contributed by atoms with Crippen LogP contribution in [0.5, 0.6) is 17.2 Å². The lowest BCUT2D eigenvalue weighted by molar-refractivity contribution is -0.132. The number of fused-ring (bicyclic) bond motifs is 1. The van der Waals surface area contributed by atoms with Crippen LogP contribution < -0.4 is 19.1 Å². The molecule has 0 saturated carbocycles. The molecule has 9 heteroatoms. The Bertz CT molecular complexity index is 1400. The maximum atomic E-state index is 14.1. The van der Waals surface area contributed by atoms with Crippen LogP contribution in [0.4, 0.5) is 14.5 Å². The summed E-state index contributed by atoms with van der Waals surface area (Å²) in [4.78, 5) is 27.5. The Morgan fingerprint density at radius 2 is 1.78 bits per heavy atom. The average Bonchev–Trinajstić information content (AvgIpc) is 3.15. The molecule has 0 bridgehead atoms. The second kappa shape index (κ2) is 9.33. The molecule has 0 aliphatic carbocycles. The largest absolute Gasteiger partial charge is 0.507 e. The lowest BCUT2D eigenvalue weighted by Gasteiger charge is -2.26. The van der Waals surface area contributed by atoms with Crippen molar-refractivity contribution in [1.82, 2.24) is 0 Å². The SMILES string of the molecule is CCOc1cccc(C2/C(=C(/O)c3ccc4c(c3)OCCO4)C(=O)C(=O)N2c2ccc(F)c(F)c2)c1. The van der Waals surface area contributed by atoms with Gasteiger partial charge in [-0.2, -0.15) is 0 Å². The number of ether oxygens (including phenoxy) is 3. The number of hydrogen-bond acceptors (Lipinski definition) is 6. The third-order valence-corrected chi connectivity index (χ3v) is 5.93. The highest BCUT2D eigenvalue weighted by molar-refractivity contribution is 6.51. The Morgan fingerprint density at radius 1 is 1.00 bits per heavy atom. The molecule has 36 heavy (non-hydrogen) atoms. The molecule has 0 radical (unpaired) electrons. The van der Waals surface area contributed by atoms with Crippen LogP contribution >= 0.6 is 0 Å². The number of rotatable bonds is 5. The third kappa shape index (κ3) is 4.02. The number of halogens is 2. The van der Waals surface area contributed by atoms with E-state index in [0.29, 0.717) is 42.6 Å². The molecule has 2 aliphatic rings. The van der Waals surface area contributed by atoms with Gasteiger partial charge in [-0.1, -0.05) is 12.1 Å². The first kappa shape index (κ1) is 23.3. The summed E-state index contributed by atoms with van der Waals surface area (Å²) in [6, 6.07) is 13.1. The molecule has 2 aliphatic heterocycles. The van der Waals surface area contributed by atoms with Crippen LogP contribution in [-0.2, 0) is 9.59 Å². The number of aliphatic hydroxyl groups excluding tert-OH is 1. The number of hydrogen-bond donors (Lipinski definition) is 1. The first-order valence-corrected chi connectivity index (χ1v) is 11.3. The molecule has 3 aromatic rings. The Hall–Kier alpha value is -4.40. The molecule has 0 spiro atoms. The van der Waals surface area contributed by atoms with E-state index in [1.54, 1.807) is 36.4 Å². The number of nitrogens with zero attached hydrogens (tertiary/aromatic N) is 1. The van der Waals surface area contributed by atoms with Crippen LogP contribution in [0.15, 0.2) is 66.2 Å². The van der Waals surface area contributed by atoms with Crippen molar-refractivity contribution >= 4 is 23.1 Å². The number of Topliss-reactive ketones (excluding diaryl/α,β-unsaturated/α-hetero) is 1. The van der Waals surface area contributed by atoms with Crippen LogP contribution in [0.1, 0.15) is 24.1 Å². The molecule has 0 aromatic heterocycles. The number of aliphatic hydroxyl groups is 1. The van der Waals surface area contributed by atoms with E-state index in [4.69, 9.17) is 14.2 Å². The van der Waals surface area contributed by atoms with Crippen molar-refractivity contribution in [1.29, 1.82) is 0 Å². The standard InChI is InChI=1S/C27H21F2NO6/c1-2-34-18-5-3-4-15(12-18)24-23(25(31)16-6-9-21-22(13-16)36-11-10-35-21)26(32)27(33)30(24)17-7-8-19(28)20(29)14-17/h3-9,12-14,24,31H,2,10-11H2,1H3/b25-23-. The van der Waals surface area contributed by atoms with E-state index in [-0.39, 0.29) is 16.8 Å². The molecule has 1 fully saturated rings. The van der Waals surface area contributed by atoms with Gasteiger partial charge in [-0.3, -0.25) is 14.5 Å². The molecule has 1 atom stereocenters. The zero-order valence-electron chi connectivity index (χ0n) is 19.2. The fraction of sp³-hybridized carbons (Fsp3) is 0.185. The molecule has 1 amide bonds. The maximum Gasteiger partial charge on any atom is 0.300 e. The van der Waals surface area contributed by atoms with Gasteiger partial charge >= 0.3 is 0 Å². The highest BCUT2D eigenvalue weighted by atomic mass is 19.2. The maximum absolute atomic E-state index is 14.1. The molecular weight excluding hydrogens is 472 g/mol. The summed E-state index contributed by atoms with van der Waals surface area (Å²) >= 11 is 0. The highest BCUT2D eigenvalue weighted by Crippen LogP contribution is 2.44. The minimum Gasteiger partial charge on any atom is -0.507 e. The van der Waals surface area contributed by atoms with Crippen molar-refractivity contribution in [2.24, 2.45) is 0 Å². The average molecular weight is 493 g/mol. The van der Waals surface area contributed by atoms with E-state index in [0.717, 1.165) is 17.0 Å². The first-order chi connectivity index (χ1) is 17.4. The van der Waals surface area contributed by atoms with Crippen molar-refractivity contribution < 1.29 is 37.7 Å². The van der Waals surface area contributed by atoms with Crippen molar-refractivity contribution in [3.8, 4) is 17.2 Å². The molecule has 184 valence electrons. The van der Waals surface area contributed by atoms with E-state index in [9.17, 15) is 23.5 Å². The summed E-state index contributed by atoms with van der Waals surface area (Å²) in [6.45, 7) is 2.89. The fourth-order valence-corrected chi connectivity index (χ4v) is 4.34. The molecule has 1 unspecified atom stereocenters. The molecule has 5 rings (SSSR count). The predicted octanol–water partition coefficient (Wildman–Crippen LogP) is 4.76. The molecule has 2 heterocycles. The van der Waals surface area contributed by atoms with E-state index >= 15 is 0 Å². The topological polar surface area (TPSA) is 85.3 Å². The minimum atomic E-state index is -1.18. The van der Waals surface area contributed by atoms with Crippen molar-refractivity contribution in [2.45, 2.75) is 13.0 Å². The van der Waals surface area contributed by atoms with Crippen LogP contribution in [0, 0.1) is 11.6 Å². The van der Waals surface area contributed by atoms with Gasteiger partial charge in [0.05, 0.1) is 18.2 Å². The number of carbonyl (C=O) groups excluding carboxylic acids is 2. The van der Waals surface area contributed by atoms with Crippen LogP contribution in [-0.4, -0.2) is 36.6 Å². The summed E-state index contributed by atoms with van der Waals surface area (Å²) in [5.74, 6) is -3.33. The lowest BCUT2D eigenvalue weighted by atomic mass is 9.94. The number of benzene rings is 3. The van der Waals surface area contributed by atoms with Crippen molar-refractivity contribution in [2.75, 3.05) is 24.7 Å². The molecule has 7 nitrogen and oxygen atoms in total.